The largest absolute Gasteiger partial charge is 0.392 e. The van der Waals surface area contributed by atoms with E-state index in [4.69, 9.17) is 9.84 Å². The van der Waals surface area contributed by atoms with Gasteiger partial charge < -0.3 is 14.7 Å². The first-order chi connectivity index (χ1) is 8.95. The zero-order valence-corrected chi connectivity index (χ0v) is 11.7. The molecule has 0 spiro atoms. The van der Waals surface area contributed by atoms with Crippen LogP contribution < -0.4 is 4.90 Å². The normalized spacial score (nSPS) is 22.1. The molecule has 0 aromatic heterocycles. The van der Waals surface area contributed by atoms with Crippen molar-refractivity contribution in [1.82, 2.24) is 0 Å². The fourth-order valence-corrected chi connectivity index (χ4v) is 2.68. The zero-order valence-electron chi connectivity index (χ0n) is 11.7. The Morgan fingerprint density at radius 1 is 1.53 bits per heavy atom. The van der Waals surface area contributed by atoms with Gasteiger partial charge in [0.15, 0.2) is 0 Å². The van der Waals surface area contributed by atoms with Gasteiger partial charge in [-0.15, -0.1) is 0 Å². The van der Waals surface area contributed by atoms with Crippen molar-refractivity contribution in [3.05, 3.63) is 29.3 Å². The van der Waals surface area contributed by atoms with Crippen molar-refractivity contribution < 1.29 is 9.84 Å². The second kappa shape index (κ2) is 5.20. The molecular weight excluding hydrogens is 240 g/mol. The minimum atomic E-state index is -0.222. The molecule has 1 saturated heterocycles. The summed E-state index contributed by atoms with van der Waals surface area (Å²) in [4.78, 5) is 2.19. The van der Waals surface area contributed by atoms with Gasteiger partial charge in [-0.2, -0.15) is 5.26 Å². The van der Waals surface area contributed by atoms with Gasteiger partial charge >= 0.3 is 0 Å². The van der Waals surface area contributed by atoms with Gasteiger partial charge in [0.1, 0.15) is 6.07 Å². The predicted octanol–water partition coefficient (Wildman–Crippen LogP) is 2.05. The van der Waals surface area contributed by atoms with E-state index in [2.05, 4.69) is 24.8 Å². The van der Waals surface area contributed by atoms with Gasteiger partial charge in [-0.05, 0) is 38.5 Å². The molecular formula is C15H20N2O2. The highest BCUT2D eigenvalue weighted by Crippen LogP contribution is 2.28. The lowest BCUT2D eigenvalue weighted by Gasteiger charge is -2.43. The number of nitrogens with zero attached hydrogens (tertiary/aromatic N) is 2. The topological polar surface area (TPSA) is 56.5 Å². The summed E-state index contributed by atoms with van der Waals surface area (Å²) in [5.41, 5.74) is 2.07. The molecule has 4 heteroatoms. The first-order valence-corrected chi connectivity index (χ1v) is 6.52. The Bertz CT molecular complexity index is 505. The van der Waals surface area contributed by atoms with Crippen LogP contribution in [0.1, 0.15) is 31.9 Å². The van der Waals surface area contributed by atoms with Crippen molar-refractivity contribution in [2.24, 2.45) is 0 Å². The summed E-state index contributed by atoms with van der Waals surface area (Å²) in [7, 11) is 0. The maximum absolute atomic E-state index is 9.28. The first-order valence-electron chi connectivity index (χ1n) is 6.52. The number of hydrogen-bond donors (Lipinski definition) is 1. The van der Waals surface area contributed by atoms with Crippen LogP contribution in [0.25, 0.3) is 0 Å². The molecule has 0 amide bonds. The van der Waals surface area contributed by atoms with Crippen LogP contribution in [0.4, 0.5) is 5.69 Å². The van der Waals surface area contributed by atoms with E-state index in [0.717, 1.165) is 24.3 Å². The second-order valence-electron chi connectivity index (χ2n) is 5.69. The van der Waals surface area contributed by atoms with Crippen LogP contribution in [-0.4, -0.2) is 29.9 Å². The van der Waals surface area contributed by atoms with E-state index in [1.54, 1.807) is 6.07 Å². The van der Waals surface area contributed by atoms with E-state index >= 15 is 0 Å². The number of hydrogen-bond acceptors (Lipinski definition) is 4. The quantitative estimate of drug-likeness (QED) is 0.884. The molecule has 1 aliphatic rings. The van der Waals surface area contributed by atoms with Crippen molar-refractivity contribution >= 4 is 5.69 Å². The van der Waals surface area contributed by atoms with Crippen LogP contribution in [0.15, 0.2) is 18.2 Å². The Hall–Kier alpha value is -1.57. The SMILES string of the molecule is CC1CN(c2ccc(CO)cc2C#N)CC(C)(C)O1. The molecule has 1 unspecified atom stereocenters. The van der Waals surface area contributed by atoms with Gasteiger partial charge in [-0.25, -0.2) is 0 Å². The van der Waals surface area contributed by atoms with Crippen molar-refractivity contribution in [3.63, 3.8) is 0 Å². The molecule has 4 nitrogen and oxygen atoms in total. The van der Waals surface area contributed by atoms with Crippen molar-refractivity contribution in [2.45, 2.75) is 39.1 Å². The highest BCUT2D eigenvalue weighted by atomic mass is 16.5. The third-order valence-electron chi connectivity index (χ3n) is 3.27. The van der Waals surface area contributed by atoms with Gasteiger partial charge in [-0.1, -0.05) is 6.07 Å². The summed E-state index contributed by atoms with van der Waals surface area (Å²) in [6, 6.07) is 7.75. The highest BCUT2D eigenvalue weighted by molar-refractivity contribution is 5.61. The third-order valence-corrected chi connectivity index (χ3v) is 3.27. The smallest absolute Gasteiger partial charge is 0.101 e. The van der Waals surface area contributed by atoms with Gasteiger partial charge in [0.2, 0.25) is 0 Å². The van der Waals surface area contributed by atoms with E-state index in [0.29, 0.717) is 5.56 Å². The molecule has 1 fully saturated rings. The average Bonchev–Trinajstić information content (AvgIpc) is 2.35. The molecule has 0 radical (unpaired) electrons. The lowest BCUT2D eigenvalue weighted by atomic mass is 10.0. The molecule has 0 bridgehead atoms. The molecule has 1 aromatic carbocycles. The molecule has 19 heavy (non-hydrogen) atoms. The lowest BCUT2D eigenvalue weighted by Crippen LogP contribution is -2.52. The number of ether oxygens (including phenoxy) is 1. The fraction of sp³-hybridized carbons (Fsp3) is 0.533. The maximum atomic E-state index is 9.28. The summed E-state index contributed by atoms with van der Waals surface area (Å²) < 4.78 is 5.88. The Morgan fingerprint density at radius 2 is 2.26 bits per heavy atom. The second-order valence-corrected chi connectivity index (χ2v) is 5.69. The first kappa shape index (κ1) is 13.9. The Labute approximate surface area is 114 Å². The Balaban J connectivity index is 2.33. The molecule has 102 valence electrons. The van der Waals surface area contributed by atoms with E-state index in [1.165, 1.54) is 0 Å². The van der Waals surface area contributed by atoms with Gasteiger partial charge in [-0.3, -0.25) is 0 Å². The maximum Gasteiger partial charge on any atom is 0.101 e. The zero-order chi connectivity index (χ0) is 14.0. The average molecular weight is 260 g/mol. The van der Waals surface area contributed by atoms with Crippen molar-refractivity contribution in [2.75, 3.05) is 18.0 Å². The molecule has 1 aliphatic heterocycles. The summed E-state index contributed by atoms with van der Waals surface area (Å²) in [6.07, 6.45) is 0.132. The number of benzene rings is 1. The van der Waals surface area contributed by atoms with Gasteiger partial charge in [0, 0.05) is 13.1 Å². The summed E-state index contributed by atoms with van der Waals surface area (Å²) in [5.74, 6) is 0. The predicted molar refractivity (Wildman–Crippen MR) is 73.9 cm³/mol. The standard InChI is InChI=1S/C15H20N2O2/c1-11-8-17(10-15(2,3)19-11)14-5-4-12(9-18)6-13(14)7-16/h4-6,11,18H,8-10H2,1-3H3. The molecule has 1 atom stereocenters. The summed E-state index contributed by atoms with van der Waals surface area (Å²) >= 11 is 0. The minimum absolute atomic E-state index is 0.0417. The highest BCUT2D eigenvalue weighted by Gasteiger charge is 2.32. The number of morpholine rings is 1. The van der Waals surface area contributed by atoms with Crippen LogP contribution in [-0.2, 0) is 11.3 Å². The number of anilines is 1. The molecule has 1 N–H and O–H groups in total. The molecule has 1 aromatic rings. The molecule has 1 heterocycles. The van der Waals surface area contributed by atoms with Crippen LogP contribution in [0, 0.1) is 11.3 Å². The third kappa shape index (κ3) is 3.06. The summed E-state index contributed by atoms with van der Waals surface area (Å²) in [6.45, 7) is 7.65. The molecule has 0 aliphatic carbocycles. The Kier molecular flexibility index (Phi) is 3.79. The fourth-order valence-electron chi connectivity index (χ4n) is 2.68. The molecule has 0 saturated carbocycles. The van der Waals surface area contributed by atoms with Crippen molar-refractivity contribution in [3.8, 4) is 6.07 Å². The lowest BCUT2D eigenvalue weighted by molar-refractivity contribution is -0.0749. The number of aliphatic hydroxyl groups excluding tert-OH is 1. The van der Waals surface area contributed by atoms with E-state index in [-0.39, 0.29) is 18.3 Å². The van der Waals surface area contributed by atoms with Crippen LogP contribution in [0.3, 0.4) is 0 Å². The monoisotopic (exact) mass is 260 g/mol. The van der Waals surface area contributed by atoms with Crippen LogP contribution >= 0.6 is 0 Å². The minimum Gasteiger partial charge on any atom is -0.392 e. The van der Waals surface area contributed by atoms with Crippen LogP contribution in [0.5, 0.6) is 0 Å². The van der Waals surface area contributed by atoms with E-state index in [9.17, 15) is 5.26 Å². The van der Waals surface area contributed by atoms with Gasteiger partial charge in [0.25, 0.3) is 0 Å². The van der Waals surface area contributed by atoms with Crippen LogP contribution in [0.2, 0.25) is 0 Å². The van der Waals surface area contributed by atoms with Gasteiger partial charge in [0.05, 0.1) is 29.6 Å². The van der Waals surface area contributed by atoms with E-state index in [1.807, 2.05) is 19.1 Å². The number of aliphatic hydroxyl groups is 1. The number of nitriles is 1. The van der Waals surface area contributed by atoms with Crippen molar-refractivity contribution in [1.29, 1.82) is 5.26 Å². The van der Waals surface area contributed by atoms with E-state index < -0.39 is 0 Å². The Morgan fingerprint density at radius 3 is 2.84 bits per heavy atom. The number of rotatable bonds is 2. The summed E-state index contributed by atoms with van der Waals surface area (Å²) in [5, 5.41) is 18.4. The molecule has 2 rings (SSSR count).